The van der Waals surface area contributed by atoms with Gasteiger partial charge in [-0.25, -0.2) is 13.6 Å². The maximum atomic E-state index is 15.0. The van der Waals surface area contributed by atoms with E-state index in [1.807, 2.05) is 5.32 Å². The second kappa shape index (κ2) is 9.95. The first-order valence-electron chi connectivity index (χ1n) is 9.73. The number of aromatic nitrogens is 5. The number of amides is 1. The molecule has 10 nitrogen and oxygen atoms in total. The number of carbonyl (C=O) groups excluding carboxylic acids is 1. The van der Waals surface area contributed by atoms with Gasteiger partial charge < -0.3 is 15.2 Å². The predicted octanol–water partition coefficient (Wildman–Crippen LogP) is 2.85. The van der Waals surface area contributed by atoms with Crippen LogP contribution in [0.1, 0.15) is 30.0 Å². The maximum absolute atomic E-state index is 15.0. The fourth-order valence-electron chi connectivity index (χ4n) is 2.82. The first kappa shape index (κ1) is 26.0. The summed E-state index contributed by atoms with van der Waals surface area (Å²) in [5.74, 6) is -5.84. The second-order valence-electron chi connectivity index (χ2n) is 6.89. The van der Waals surface area contributed by atoms with Crippen molar-refractivity contribution in [1.82, 2.24) is 24.3 Å². The Kier molecular flexibility index (Phi) is 7.40. The quantitative estimate of drug-likeness (QED) is 0.457. The SMILES string of the molecule is CCn1c(CO)nn(-c2nc(O[C@@H](C)C(F)(F)F)c(C(=O)Nc3c(F)cncc3Cl)cc2F)c1=O. The molecule has 16 heteroatoms. The topological polar surface area (TPSA) is 124 Å². The van der Waals surface area contributed by atoms with E-state index >= 15 is 0 Å². The third-order valence-electron chi connectivity index (χ3n) is 4.61. The number of hydrogen-bond acceptors (Lipinski definition) is 7. The molecule has 0 saturated carbocycles. The molecule has 2 N–H and O–H groups in total. The molecule has 1 amide bonds. The van der Waals surface area contributed by atoms with Gasteiger partial charge in [0, 0.05) is 12.7 Å². The Morgan fingerprint density at radius 1 is 1.29 bits per heavy atom. The highest BCUT2D eigenvalue weighted by atomic mass is 35.5. The van der Waals surface area contributed by atoms with Crippen molar-refractivity contribution in [2.24, 2.45) is 0 Å². The summed E-state index contributed by atoms with van der Waals surface area (Å²) in [5.41, 5.74) is -2.39. The summed E-state index contributed by atoms with van der Waals surface area (Å²) >= 11 is 5.79. The van der Waals surface area contributed by atoms with Crippen molar-refractivity contribution in [2.45, 2.75) is 39.3 Å². The summed E-state index contributed by atoms with van der Waals surface area (Å²) < 4.78 is 74.5. The number of carbonyl (C=O) groups is 1. The zero-order valence-corrected chi connectivity index (χ0v) is 18.7. The number of nitrogens with zero attached hydrogens (tertiary/aromatic N) is 5. The monoisotopic (exact) mass is 522 g/mol. The molecule has 0 saturated heterocycles. The lowest BCUT2D eigenvalue weighted by Crippen LogP contribution is -2.33. The van der Waals surface area contributed by atoms with Gasteiger partial charge in [-0.2, -0.15) is 22.8 Å². The van der Waals surface area contributed by atoms with Crippen molar-refractivity contribution >= 4 is 23.2 Å². The summed E-state index contributed by atoms with van der Waals surface area (Å²) in [5, 5.41) is 14.8. The predicted molar refractivity (Wildman–Crippen MR) is 110 cm³/mol. The van der Waals surface area contributed by atoms with E-state index in [-0.39, 0.29) is 17.4 Å². The molecule has 0 unspecified atom stereocenters. The van der Waals surface area contributed by atoms with Crippen LogP contribution >= 0.6 is 11.6 Å². The number of rotatable bonds is 7. The van der Waals surface area contributed by atoms with E-state index in [0.29, 0.717) is 23.9 Å². The molecule has 0 aliphatic carbocycles. The Morgan fingerprint density at radius 2 is 1.97 bits per heavy atom. The molecule has 0 fully saturated rings. The summed E-state index contributed by atoms with van der Waals surface area (Å²) in [6, 6.07) is 0.444. The van der Waals surface area contributed by atoms with E-state index in [4.69, 9.17) is 16.3 Å². The van der Waals surface area contributed by atoms with Crippen LogP contribution in [0.5, 0.6) is 5.88 Å². The average Bonchev–Trinajstić information content (AvgIpc) is 3.11. The summed E-state index contributed by atoms with van der Waals surface area (Å²) in [6.45, 7) is 1.47. The van der Waals surface area contributed by atoms with Crippen molar-refractivity contribution < 1.29 is 36.6 Å². The number of pyridine rings is 2. The normalized spacial score (nSPS) is 12.5. The van der Waals surface area contributed by atoms with Gasteiger partial charge in [0.2, 0.25) is 5.88 Å². The zero-order chi connectivity index (χ0) is 26.1. The molecular weight excluding hydrogens is 507 g/mol. The van der Waals surface area contributed by atoms with Crippen molar-refractivity contribution in [3.05, 3.63) is 57.0 Å². The van der Waals surface area contributed by atoms with Crippen LogP contribution in [0.4, 0.5) is 27.6 Å². The fraction of sp³-hybridized carbons (Fsp3) is 0.316. The number of ether oxygens (including phenoxy) is 1. The third-order valence-corrected chi connectivity index (χ3v) is 4.89. The Morgan fingerprint density at radius 3 is 2.51 bits per heavy atom. The molecular formula is C19H16ClF5N6O4. The Hall–Kier alpha value is -3.59. The van der Waals surface area contributed by atoms with Gasteiger partial charge in [0.25, 0.3) is 5.91 Å². The lowest BCUT2D eigenvalue weighted by molar-refractivity contribution is -0.190. The molecule has 35 heavy (non-hydrogen) atoms. The largest absolute Gasteiger partial charge is 0.464 e. The van der Waals surface area contributed by atoms with Crippen molar-refractivity contribution in [3.63, 3.8) is 0 Å². The standard InChI is InChI=1S/C19H16ClF5N6O4/c1-3-30-13(7-32)29-31(18(30)34)15-11(21)4-9(17(28-15)35-8(2)19(23,24)25)16(33)27-14-10(20)5-26-6-12(14)22/h4-6,8,32H,3,7H2,1-2H3,(H,26,27,33)/t8-/m0/s1. The molecule has 3 heterocycles. The van der Waals surface area contributed by atoms with E-state index in [9.17, 15) is 36.6 Å². The van der Waals surface area contributed by atoms with Gasteiger partial charge in [0.15, 0.2) is 29.4 Å². The van der Waals surface area contributed by atoms with E-state index in [1.54, 1.807) is 0 Å². The van der Waals surface area contributed by atoms with Gasteiger partial charge in [-0.1, -0.05) is 11.6 Å². The first-order valence-corrected chi connectivity index (χ1v) is 10.1. The van der Waals surface area contributed by atoms with Crippen LogP contribution in [0.2, 0.25) is 5.02 Å². The van der Waals surface area contributed by atoms with Crippen LogP contribution in [0, 0.1) is 11.6 Å². The van der Waals surface area contributed by atoms with Crippen molar-refractivity contribution in [3.8, 4) is 11.7 Å². The van der Waals surface area contributed by atoms with E-state index in [1.165, 1.54) is 6.92 Å². The van der Waals surface area contributed by atoms with E-state index in [0.717, 1.165) is 10.8 Å². The van der Waals surface area contributed by atoms with Gasteiger partial charge in [-0.15, -0.1) is 5.10 Å². The maximum Gasteiger partial charge on any atom is 0.425 e. The molecule has 3 aromatic rings. The third kappa shape index (κ3) is 5.24. The summed E-state index contributed by atoms with van der Waals surface area (Å²) in [6.07, 6.45) is -5.73. The number of halogens is 6. The van der Waals surface area contributed by atoms with Crippen molar-refractivity contribution in [1.29, 1.82) is 0 Å². The molecule has 0 aliphatic heterocycles. The summed E-state index contributed by atoms with van der Waals surface area (Å²) in [4.78, 5) is 32.3. The number of aliphatic hydroxyl groups is 1. The number of aliphatic hydroxyl groups excluding tert-OH is 1. The average molecular weight is 523 g/mol. The molecule has 0 aromatic carbocycles. The lowest BCUT2D eigenvalue weighted by atomic mass is 10.2. The van der Waals surface area contributed by atoms with Gasteiger partial charge in [-0.05, 0) is 19.9 Å². The van der Waals surface area contributed by atoms with E-state index in [2.05, 4.69) is 15.1 Å². The Labute approximate surface area is 197 Å². The minimum absolute atomic E-state index is 0.0313. The molecule has 3 rings (SSSR count). The highest BCUT2D eigenvalue weighted by Crippen LogP contribution is 2.30. The first-order chi connectivity index (χ1) is 16.4. The molecule has 0 radical (unpaired) electrons. The molecule has 0 bridgehead atoms. The van der Waals surface area contributed by atoms with Gasteiger partial charge in [-0.3, -0.25) is 14.3 Å². The zero-order valence-electron chi connectivity index (χ0n) is 17.9. The minimum Gasteiger partial charge on any atom is -0.464 e. The van der Waals surface area contributed by atoms with Crippen LogP contribution < -0.4 is 15.7 Å². The smallest absolute Gasteiger partial charge is 0.425 e. The highest BCUT2D eigenvalue weighted by molar-refractivity contribution is 6.33. The number of nitrogens with one attached hydrogen (secondary N) is 1. The highest BCUT2D eigenvalue weighted by Gasteiger charge is 2.39. The molecule has 3 aromatic heterocycles. The van der Waals surface area contributed by atoms with Gasteiger partial charge >= 0.3 is 11.9 Å². The van der Waals surface area contributed by atoms with Crippen LogP contribution in [0.25, 0.3) is 5.82 Å². The summed E-state index contributed by atoms with van der Waals surface area (Å²) in [7, 11) is 0. The Balaban J connectivity index is 2.16. The molecule has 1 atom stereocenters. The van der Waals surface area contributed by atoms with Crippen molar-refractivity contribution in [2.75, 3.05) is 5.32 Å². The van der Waals surface area contributed by atoms with Gasteiger partial charge in [0.1, 0.15) is 12.2 Å². The van der Waals surface area contributed by atoms with Gasteiger partial charge in [0.05, 0.1) is 16.9 Å². The molecule has 188 valence electrons. The minimum atomic E-state index is -4.91. The van der Waals surface area contributed by atoms with Crippen LogP contribution in [-0.4, -0.2) is 47.6 Å². The van der Waals surface area contributed by atoms with Crippen LogP contribution in [0.15, 0.2) is 23.3 Å². The molecule has 0 aliphatic rings. The number of anilines is 1. The lowest BCUT2D eigenvalue weighted by Gasteiger charge is -2.19. The second-order valence-corrected chi connectivity index (χ2v) is 7.30. The number of hydrogen-bond donors (Lipinski definition) is 2. The van der Waals surface area contributed by atoms with Crippen LogP contribution in [0.3, 0.4) is 0 Å². The van der Waals surface area contributed by atoms with E-state index < -0.39 is 65.1 Å². The number of alkyl halides is 3. The fourth-order valence-corrected chi connectivity index (χ4v) is 3.01. The molecule has 0 spiro atoms. The Bertz CT molecular complexity index is 1310. The van der Waals surface area contributed by atoms with Crippen LogP contribution in [-0.2, 0) is 13.2 Å².